The molecule has 1 saturated carbocycles. The zero-order valence-corrected chi connectivity index (χ0v) is 12.5. The molecule has 0 atom stereocenters. The van der Waals surface area contributed by atoms with Crippen LogP contribution in [0.3, 0.4) is 0 Å². The number of hydrogen-bond donors (Lipinski definition) is 1. The molecule has 0 unspecified atom stereocenters. The first kappa shape index (κ1) is 12.7. The van der Waals surface area contributed by atoms with Crippen LogP contribution in [0, 0.1) is 0 Å². The molecule has 102 valence electrons. The van der Waals surface area contributed by atoms with Crippen LogP contribution in [0.5, 0.6) is 0 Å². The molecule has 0 aromatic carbocycles. The number of nitrogens with one attached hydrogen (secondary N) is 1. The second kappa shape index (κ2) is 4.96. The molecule has 5 heteroatoms. The molecule has 0 aliphatic heterocycles. The van der Waals surface area contributed by atoms with Gasteiger partial charge in [-0.05, 0) is 32.3 Å². The Kier molecular flexibility index (Phi) is 3.31. The van der Waals surface area contributed by atoms with Gasteiger partial charge in [-0.2, -0.15) is 4.98 Å². The summed E-state index contributed by atoms with van der Waals surface area (Å²) in [5.74, 6) is 1.83. The van der Waals surface area contributed by atoms with Gasteiger partial charge in [0, 0.05) is 24.5 Å². The summed E-state index contributed by atoms with van der Waals surface area (Å²) in [6.07, 6.45) is 3.62. The lowest BCUT2D eigenvalue weighted by atomic mass is 10.3. The summed E-state index contributed by atoms with van der Waals surface area (Å²) in [7, 11) is 2.15. The van der Waals surface area contributed by atoms with Gasteiger partial charge < -0.3 is 10.2 Å². The monoisotopic (exact) mass is 276 g/mol. The number of rotatable bonds is 5. The third kappa shape index (κ3) is 2.39. The molecule has 0 radical (unpaired) electrons. The first-order valence-corrected chi connectivity index (χ1v) is 7.81. The van der Waals surface area contributed by atoms with Crippen LogP contribution in [0.4, 0.5) is 11.8 Å². The molecule has 1 fully saturated rings. The highest BCUT2D eigenvalue weighted by molar-refractivity contribution is 7.18. The minimum Gasteiger partial charge on any atom is -0.356 e. The number of anilines is 2. The predicted molar refractivity (Wildman–Crippen MR) is 82.4 cm³/mol. The van der Waals surface area contributed by atoms with Crippen LogP contribution >= 0.6 is 11.3 Å². The van der Waals surface area contributed by atoms with Crippen LogP contribution in [0.25, 0.3) is 10.2 Å². The lowest BCUT2D eigenvalue weighted by molar-refractivity contribution is 0.894. The molecule has 2 aromatic rings. The molecule has 0 amide bonds. The highest BCUT2D eigenvalue weighted by atomic mass is 32.1. The van der Waals surface area contributed by atoms with Crippen molar-refractivity contribution in [1.29, 1.82) is 0 Å². The van der Waals surface area contributed by atoms with Crippen LogP contribution in [-0.4, -0.2) is 29.6 Å². The largest absolute Gasteiger partial charge is 0.356 e. The van der Waals surface area contributed by atoms with E-state index in [0.29, 0.717) is 6.04 Å². The SMILES string of the molecule is CCNc1nc(N(C)C2CC2)c2cc(CC)sc2n1. The minimum atomic E-state index is 0.664. The first-order valence-electron chi connectivity index (χ1n) is 7.00. The quantitative estimate of drug-likeness (QED) is 0.910. The normalized spacial score (nSPS) is 14.9. The summed E-state index contributed by atoms with van der Waals surface area (Å²) in [4.78, 5) is 14.1. The van der Waals surface area contributed by atoms with E-state index in [4.69, 9.17) is 4.98 Å². The fraction of sp³-hybridized carbons (Fsp3) is 0.571. The highest BCUT2D eigenvalue weighted by Crippen LogP contribution is 2.36. The topological polar surface area (TPSA) is 41.1 Å². The lowest BCUT2D eigenvalue weighted by Crippen LogP contribution is -2.21. The average molecular weight is 276 g/mol. The van der Waals surface area contributed by atoms with E-state index in [1.165, 1.54) is 23.1 Å². The van der Waals surface area contributed by atoms with E-state index in [1.54, 1.807) is 11.3 Å². The van der Waals surface area contributed by atoms with E-state index in [0.717, 1.165) is 29.6 Å². The van der Waals surface area contributed by atoms with Crippen molar-refractivity contribution < 1.29 is 0 Å². The zero-order valence-electron chi connectivity index (χ0n) is 11.7. The Bertz CT molecular complexity index is 588. The van der Waals surface area contributed by atoms with Gasteiger partial charge in [0.05, 0.1) is 5.39 Å². The van der Waals surface area contributed by atoms with Crippen LogP contribution in [0.15, 0.2) is 6.07 Å². The van der Waals surface area contributed by atoms with Crippen LogP contribution in [-0.2, 0) is 6.42 Å². The van der Waals surface area contributed by atoms with E-state index >= 15 is 0 Å². The highest BCUT2D eigenvalue weighted by Gasteiger charge is 2.29. The Hall–Kier alpha value is -1.36. The second-order valence-electron chi connectivity index (χ2n) is 5.03. The van der Waals surface area contributed by atoms with Crippen LogP contribution in [0.1, 0.15) is 31.6 Å². The van der Waals surface area contributed by atoms with E-state index in [2.05, 4.69) is 42.2 Å². The smallest absolute Gasteiger partial charge is 0.226 e. The van der Waals surface area contributed by atoms with Crippen LogP contribution in [0.2, 0.25) is 0 Å². The fourth-order valence-corrected chi connectivity index (χ4v) is 3.23. The zero-order chi connectivity index (χ0) is 13.4. The van der Waals surface area contributed by atoms with Crippen molar-refractivity contribution in [3.05, 3.63) is 10.9 Å². The molecule has 1 aliphatic rings. The van der Waals surface area contributed by atoms with Gasteiger partial charge in [-0.3, -0.25) is 0 Å². The van der Waals surface area contributed by atoms with Crippen molar-refractivity contribution in [1.82, 2.24) is 9.97 Å². The first-order chi connectivity index (χ1) is 9.22. The number of nitrogens with zero attached hydrogens (tertiary/aromatic N) is 3. The Morgan fingerprint density at radius 3 is 2.79 bits per heavy atom. The molecule has 2 heterocycles. The van der Waals surface area contributed by atoms with E-state index in [-0.39, 0.29) is 0 Å². The van der Waals surface area contributed by atoms with Crippen molar-refractivity contribution in [3.8, 4) is 0 Å². The van der Waals surface area contributed by atoms with Gasteiger partial charge in [-0.25, -0.2) is 4.98 Å². The Morgan fingerprint density at radius 1 is 1.37 bits per heavy atom. The summed E-state index contributed by atoms with van der Waals surface area (Å²) in [6.45, 7) is 5.11. The summed E-state index contributed by atoms with van der Waals surface area (Å²) in [5.41, 5.74) is 0. The minimum absolute atomic E-state index is 0.664. The maximum atomic E-state index is 4.71. The van der Waals surface area contributed by atoms with Gasteiger partial charge >= 0.3 is 0 Å². The van der Waals surface area contributed by atoms with Gasteiger partial charge in [0.2, 0.25) is 5.95 Å². The van der Waals surface area contributed by atoms with E-state index < -0.39 is 0 Å². The van der Waals surface area contributed by atoms with E-state index in [9.17, 15) is 0 Å². The Balaban J connectivity index is 2.11. The van der Waals surface area contributed by atoms with Crippen molar-refractivity contribution in [2.75, 3.05) is 23.8 Å². The summed E-state index contributed by atoms with van der Waals surface area (Å²) in [5, 5.41) is 4.45. The number of aryl methyl sites for hydroxylation is 1. The maximum absolute atomic E-state index is 4.71. The molecule has 1 N–H and O–H groups in total. The molecule has 1 aliphatic carbocycles. The predicted octanol–water partition coefficient (Wildman–Crippen LogP) is 3.28. The van der Waals surface area contributed by atoms with Gasteiger partial charge in [0.1, 0.15) is 10.6 Å². The number of fused-ring (bicyclic) bond motifs is 1. The molecule has 0 spiro atoms. The Labute approximate surface area is 117 Å². The summed E-state index contributed by atoms with van der Waals surface area (Å²) in [6, 6.07) is 2.92. The van der Waals surface area contributed by atoms with Gasteiger partial charge in [0.15, 0.2) is 0 Å². The number of thiophene rings is 1. The van der Waals surface area contributed by atoms with Gasteiger partial charge in [-0.1, -0.05) is 6.92 Å². The molecule has 0 saturated heterocycles. The summed E-state index contributed by atoms with van der Waals surface area (Å²) >= 11 is 1.78. The third-order valence-corrected chi connectivity index (χ3v) is 4.71. The standard InChI is InChI=1S/C14H20N4S/c1-4-10-8-11-12(18(3)9-6-7-9)16-14(15-5-2)17-13(11)19-10/h8-9H,4-7H2,1-3H3,(H,15,16,17). The summed E-state index contributed by atoms with van der Waals surface area (Å²) < 4.78 is 0. The molecule has 4 nitrogen and oxygen atoms in total. The van der Waals surface area contributed by atoms with E-state index in [1.807, 2.05) is 0 Å². The van der Waals surface area contributed by atoms with Crippen molar-refractivity contribution in [3.63, 3.8) is 0 Å². The molecule has 19 heavy (non-hydrogen) atoms. The van der Waals surface area contributed by atoms with Crippen LogP contribution < -0.4 is 10.2 Å². The van der Waals surface area contributed by atoms with Gasteiger partial charge in [-0.15, -0.1) is 11.3 Å². The van der Waals surface area contributed by atoms with Crippen molar-refractivity contribution >= 4 is 33.3 Å². The average Bonchev–Trinajstić information content (AvgIpc) is 3.17. The molecular formula is C14H20N4S. The van der Waals surface area contributed by atoms with Gasteiger partial charge in [0.25, 0.3) is 0 Å². The fourth-order valence-electron chi connectivity index (χ4n) is 2.27. The lowest BCUT2D eigenvalue weighted by Gasteiger charge is -2.19. The maximum Gasteiger partial charge on any atom is 0.226 e. The molecule has 0 bridgehead atoms. The van der Waals surface area contributed by atoms with Crippen molar-refractivity contribution in [2.24, 2.45) is 0 Å². The Morgan fingerprint density at radius 2 is 2.16 bits per heavy atom. The third-order valence-electron chi connectivity index (χ3n) is 3.54. The molecule has 3 rings (SSSR count). The molecule has 2 aromatic heterocycles. The number of aromatic nitrogens is 2. The molecular weight excluding hydrogens is 256 g/mol. The number of hydrogen-bond acceptors (Lipinski definition) is 5. The second-order valence-corrected chi connectivity index (χ2v) is 6.14. The van der Waals surface area contributed by atoms with Crippen molar-refractivity contribution in [2.45, 2.75) is 39.2 Å².